The van der Waals surface area contributed by atoms with Crippen molar-refractivity contribution in [1.82, 2.24) is 20.2 Å². The molecule has 1 unspecified atom stereocenters. The highest BCUT2D eigenvalue weighted by Crippen LogP contribution is 2.18. The van der Waals surface area contributed by atoms with E-state index in [9.17, 15) is 0 Å². The highest BCUT2D eigenvalue weighted by molar-refractivity contribution is 5.79. The fourth-order valence-electron chi connectivity index (χ4n) is 3.37. The van der Waals surface area contributed by atoms with Gasteiger partial charge >= 0.3 is 0 Å². The molecule has 2 N–H and O–H groups in total. The summed E-state index contributed by atoms with van der Waals surface area (Å²) in [6.07, 6.45) is 6.62. The first kappa shape index (κ1) is 14.5. The van der Waals surface area contributed by atoms with Gasteiger partial charge in [-0.05, 0) is 49.5 Å². The van der Waals surface area contributed by atoms with Crippen LogP contribution in [0.15, 0.2) is 24.5 Å². The predicted octanol–water partition coefficient (Wildman–Crippen LogP) is 2.77. The molecule has 0 aliphatic carbocycles. The number of aromatic nitrogens is 2. The van der Waals surface area contributed by atoms with Crippen LogP contribution < -0.4 is 5.32 Å². The molecule has 0 saturated carbocycles. The van der Waals surface area contributed by atoms with Crippen molar-refractivity contribution in [3.63, 3.8) is 0 Å². The van der Waals surface area contributed by atoms with Crippen LogP contribution in [0.3, 0.4) is 0 Å². The van der Waals surface area contributed by atoms with Crippen LogP contribution in [0.2, 0.25) is 0 Å². The lowest BCUT2D eigenvalue weighted by Crippen LogP contribution is -2.44. The van der Waals surface area contributed by atoms with E-state index in [0.29, 0.717) is 12.0 Å². The largest absolute Gasteiger partial charge is 0.346 e. The van der Waals surface area contributed by atoms with Gasteiger partial charge in [0.2, 0.25) is 0 Å². The minimum Gasteiger partial charge on any atom is -0.346 e. The third-order valence-corrected chi connectivity index (χ3v) is 4.58. The number of likely N-dealkylation sites (tertiary alicyclic amines) is 1. The average Bonchev–Trinajstić information content (AvgIpc) is 3.13. The van der Waals surface area contributed by atoms with E-state index < -0.39 is 0 Å². The van der Waals surface area contributed by atoms with Crippen LogP contribution in [0.5, 0.6) is 0 Å². The van der Waals surface area contributed by atoms with Crippen LogP contribution in [-0.2, 0) is 6.54 Å². The SMILES string of the molecule is CC(C)C(CNCc1c[nH]c2ncccc12)N1CCCC1. The van der Waals surface area contributed by atoms with Crippen LogP contribution in [0.25, 0.3) is 11.0 Å². The zero-order chi connectivity index (χ0) is 14.7. The van der Waals surface area contributed by atoms with Gasteiger partial charge in [-0.15, -0.1) is 0 Å². The molecular weight excluding hydrogens is 260 g/mol. The Morgan fingerprint density at radius 2 is 2.14 bits per heavy atom. The summed E-state index contributed by atoms with van der Waals surface area (Å²) >= 11 is 0. The van der Waals surface area contributed by atoms with Crippen LogP contribution in [0, 0.1) is 5.92 Å². The number of H-pyrrole nitrogens is 1. The van der Waals surface area contributed by atoms with Crippen molar-refractivity contribution < 1.29 is 0 Å². The molecule has 1 fully saturated rings. The molecule has 4 heteroatoms. The first-order valence-electron chi connectivity index (χ1n) is 8.11. The number of aromatic amines is 1. The van der Waals surface area contributed by atoms with Gasteiger partial charge in [0.15, 0.2) is 0 Å². The molecule has 0 spiro atoms. The van der Waals surface area contributed by atoms with Crippen LogP contribution >= 0.6 is 0 Å². The summed E-state index contributed by atoms with van der Waals surface area (Å²) < 4.78 is 0. The number of pyridine rings is 1. The Morgan fingerprint density at radius 1 is 1.33 bits per heavy atom. The Balaban J connectivity index is 1.59. The molecule has 0 bridgehead atoms. The smallest absolute Gasteiger partial charge is 0.137 e. The van der Waals surface area contributed by atoms with E-state index in [2.05, 4.69) is 46.3 Å². The Morgan fingerprint density at radius 3 is 2.90 bits per heavy atom. The van der Waals surface area contributed by atoms with Gasteiger partial charge in [-0.1, -0.05) is 13.8 Å². The fourth-order valence-corrected chi connectivity index (χ4v) is 3.37. The van der Waals surface area contributed by atoms with Gasteiger partial charge in [-0.2, -0.15) is 0 Å². The number of nitrogens with zero attached hydrogens (tertiary/aromatic N) is 2. The lowest BCUT2D eigenvalue weighted by molar-refractivity contribution is 0.186. The van der Waals surface area contributed by atoms with Gasteiger partial charge < -0.3 is 10.3 Å². The monoisotopic (exact) mass is 286 g/mol. The van der Waals surface area contributed by atoms with Crippen LogP contribution in [0.1, 0.15) is 32.3 Å². The van der Waals surface area contributed by atoms with E-state index in [1.165, 1.54) is 36.9 Å². The van der Waals surface area contributed by atoms with E-state index in [0.717, 1.165) is 18.7 Å². The summed E-state index contributed by atoms with van der Waals surface area (Å²) in [5, 5.41) is 4.88. The summed E-state index contributed by atoms with van der Waals surface area (Å²) in [6.45, 7) is 9.16. The third-order valence-electron chi connectivity index (χ3n) is 4.58. The molecule has 1 aliphatic heterocycles. The summed E-state index contributed by atoms with van der Waals surface area (Å²) in [6, 6.07) is 4.78. The van der Waals surface area contributed by atoms with E-state index in [1.807, 2.05) is 12.3 Å². The first-order chi connectivity index (χ1) is 10.3. The van der Waals surface area contributed by atoms with Gasteiger partial charge in [0.1, 0.15) is 5.65 Å². The quantitative estimate of drug-likeness (QED) is 0.858. The molecule has 0 amide bonds. The fraction of sp³-hybridized carbons (Fsp3) is 0.588. The van der Waals surface area contributed by atoms with Crippen molar-refractivity contribution in [2.45, 2.75) is 39.3 Å². The number of nitrogens with one attached hydrogen (secondary N) is 2. The first-order valence-corrected chi connectivity index (χ1v) is 8.11. The summed E-state index contributed by atoms with van der Waals surface area (Å²) in [5.74, 6) is 0.695. The minimum absolute atomic E-state index is 0.649. The summed E-state index contributed by atoms with van der Waals surface area (Å²) in [4.78, 5) is 10.2. The van der Waals surface area contributed by atoms with Crippen molar-refractivity contribution in [3.05, 3.63) is 30.1 Å². The minimum atomic E-state index is 0.649. The Hall–Kier alpha value is -1.39. The molecule has 3 heterocycles. The molecule has 2 aromatic rings. The molecule has 1 saturated heterocycles. The zero-order valence-corrected chi connectivity index (χ0v) is 13.1. The molecule has 2 aromatic heterocycles. The topological polar surface area (TPSA) is 44.0 Å². The Labute approximate surface area is 126 Å². The summed E-state index contributed by atoms with van der Waals surface area (Å²) in [5.41, 5.74) is 2.29. The van der Waals surface area contributed by atoms with Crippen molar-refractivity contribution in [3.8, 4) is 0 Å². The number of hydrogen-bond donors (Lipinski definition) is 2. The normalized spacial score (nSPS) is 17.9. The molecule has 4 nitrogen and oxygen atoms in total. The maximum absolute atomic E-state index is 4.34. The Kier molecular flexibility index (Phi) is 4.56. The molecule has 1 atom stereocenters. The second-order valence-corrected chi connectivity index (χ2v) is 6.40. The molecular formula is C17H26N4. The van der Waals surface area contributed by atoms with Crippen molar-refractivity contribution in [2.75, 3.05) is 19.6 Å². The van der Waals surface area contributed by atoms with Crippen molar-refractivity contribution >= 4 is 11.0 Å². The number of fused-ring (bicyclic) bond motifs is 1. The zero-order valence-electron chi connectivity index (χ0n) is 13.1. The van der Waals surface area contributed by atoms with E-state index in [-0.39, 0.29) is 0 Å². The molecule has 21 heavy (non-hydrogen) atoms. The Bertz CT molecular complexity index is 569. The predicted molar refractivity (Wildman–Crippen MR) is 87.2 cm³/mol. The van der Waals surface area contributed by atoms with Crippen molar-refractivity contribution in [1.29, 1.82) is 0 Å². The molecule has 3 rings (SSSR count). The third kappa shape index (κ3) is 3.27. The highest BCUT2D eigenvalue weighted by Gasteiger charge is 2.24. The molecule has 114 valence electrons. The van der Waals surface area contributed by atoms with Gasteiger partial charge in [-0.3, -0.25) is 4.90 Å². The molecule has 0 aromatic carbocycles. The second-order valence-electron chi connectivity index (χ2n) is 6.40. The lowest BCUT2D eigenvalue weighted by atomic mass is 10.0. The van der Waals surface area contributed by atoms with Crippen LogP contribution in [0.4, 0.5) is 0 Å². The van der Waals surface area contributed by atoms with Gasteiger partial charge in [0.25, 0.3) is 0 Å². The maximum atomic E-state index is 4.34. The van der Waals surface area contributed by atoms with Crippen molar-refractivity contribution in [2.24, 2.45) is 5.92 Å². The van der Waals surface area contributed by atoms with Gasteiger partial charge in [0, 0.05) is 36.9 Å². The van der Waals surface area contributed by atoms with Gasteiger partial charge in [-0.25, -0.2) is 4.98 Å². The van der Waals surface area contributed by atoms with Gasteiger partial charge in [0.05, 0.1) is 0 Å². The second kappa shape index (κ2) is 6.58. The number of rotatable bonds is 6. The number of hydrogen-bond acceptors (Lipinski definition) is 3. The molecule has 0 radical (unpaired) electrons. The standard InChI is InChI=1S/C17H26N4/c1-13(2)16(21-8-3-4-9-21)12-18-10-14-11-20-17-15(14)6-5-7-19-17/h5-7,11,13,16,18H,3-4,8-10,12H2,1-2H3,(H,19,20). The summed E-state index contributed by atoms with van der Waals surface area (Å²) in [7, 11) is 0. The average molecular weight is 286 g/mol. The molecule has 1 aliphatic rings. The lowest BCUT2D eigenvalue weighted by Gasteiger charge is -2.31. The van der Waals surface area contributed by atoms with E-state index in [4.69, 9.17) is 0 Å². The maximum Gasteiger partial charge on any atom is 0.137 e. The van der Waals surface area contributed by atoms with Crippen LogP contribution in [-0.4, -0.2) is 40.5 Å². The van der Waals surface area contributed by atoms with E-state index >= 15 is 0 Å². The highest BCUT2D eigenvalue weighted by atomic mass is 15.2. The van der Waals surface area contributed by atoms with E-state index in [1.54, 1.807) is 0 Å².